The van der Waals surface area contributed by atoms with Crippen LogP contribution in [0.15, 0.2) is 81.5 Å². The lowest BCUT2D eigenvalue weighted by Crippen LogP contribution is -2.24. The van der Waals surface area contributed by atoms with Crippen molar-refractivity contribution in [3.05, 3.63) is 81.5 Å². The molecule has 0 aromatic carbocycles. The van der Waals surface area contributed by atoms with Crippen LogP contribution in [0.25, 0.3) is 0 Å². The first kappa shape index (κ1) is 33.1. The predicted molar refractivity (Wildman–Crippen MR) is 177 cm³/mol. The highest BCUT2D eigenvalue weighted by Gasteiger charge is 2.30. The minimum Gasteiger partial charge on any atom is -0.0940 e. The summed E-state index contributed by atoms with van der Waals surface area (Å²) < 4.78 is 0. The van der Waals surface area contributed by atoms with Gasteiger partial charge in [-0.1, -0.05) is 118 Å². The van der Waals surface area contributed by atoms with Crippen molar-refractivity contribution in [3.8, 4) is 35.5 Å². The van der Waals surface area contributed by atoms with Crippen LogP contribution in [0.4, 0.5) is 0 Å². The van der Waals surface area contributed by atoms with Crippen LogP contribution in [0.2, 0.25) is 0 Å². The number of hydrogen-bond acceptors (Lipinski definition) is 0. The minimum atomic E-state index is 0.265. The van der Waals surface area contributed by atoms with E-state index in [2.05, 4.69) is 122 Å². The Kier molecular flexibility index (Phi) is 12.9. The molecule has 1 saturated carbocycles. The summed E-state index contributed by atoms with van der Waals surface area (Å²) in [6.07, 6.45) is 23.2. The van der Waals surface area contributed by atoms with Crippen LogP contribution in [0.3, 0.4) is 0 Å². The molecule has 0 heteroatoms. The van der Waals surface area contributed by atoms with Crippen LogP contribution in [0.1, 0.15) is 114 Å². The van der Waals surface area contributed by atoms with Crippen molar-refractivity contribution in [1.82, 2.24) is 0 Å². The van der Waals surface area contributed by atoms with E-state index in [0.717, 1.165) is 11.1 Å². The Morgan fingerprint density at radius 2 is 1.52 bits per heavy atom. The van der Waals surface area contributed by atoms with E-state index in [9.17, 15) is 0 Å². The summed E-state index contributed by atoms with van der Waals surface area (Å²) in [5, 5.41) is 0. The fourth-order valence-corrected chi connectivity index (χ4v) is 5.71. The highest BCUT2D eigenvalue weighted by Crippen LogP contribution is 2.43. The van der Waals surface area contributed by atoms with Crippen LogP contribution in [-0.2, 0) is 0 Å². The fourth-order valence-electron chi connectivity index (χ4n) is 5.71. The Hall–Kier alpha value is -3.14. The normalized spacial score (nSPS) is 22.8. The van der Waals surface area contributed by atoms with Gasteiger partial charge in [-0.2, -0.15) is 0 Å². The quantitative estimate of drug-likeness (QED) is 0.249. The summed E-state index contributed by atoms with van der Waals surface area (Å²) in [6.45, 7) is 22.4. The molecule has 0 aromatic rings. The standard InChI is InChI=1S/C40H52/c1-31(19-13-21-33(3)25-27-37-35(5)23-15-29-39(37,7)8)17-11-12-18-32(2)20-14-22-34(4)26-28-38-36(6)24-16-30-40(38,9)10/h17,20-21,25-28,36H,15-16,18,23-24,29-30H2,1-10H3/b27-25+,31-17+,32-20+,33-21+,34-26+,38-28-. The summed E-state index contributed by atoms with van der Waals surface area (Å²) >= 11 is 0. The maximum atomic E-state index is 3.27. The third-order valence-corrected chi connectivity index (χ3v) is 8.23. The molecule has 40 heavy (non-hydrogen) atoms. The summed E-state index contributed by atoms with van der Waals surface area (Å²) in [4.78, 5) is 0. The van der Waals surface area contributed by atoms with Gasteiger partial charge in [0, 0.05) is 12.0 Å². The third-order valence-electron chi connectivity index (χ3n) is 8.23. The van der Waals surface area contributed by atoms with Crippen molar-refractivity contribution >= 4 is 0 Å². The zero-order valence-electron chi connectivity index (χ0n) is 27.1. The topological polar surface area (TPSA) is 0 Å². The monoisotopic (exact) mass is 532 g/mol. The average Bonchev–Trinajstić information content (AvgIpc) is 2.85. The lowest BCUT2D eigenvalue weighted by Gasteiger charge is -2.37. The summed E-state index contributed by atoms with van der Waals surface area (Å²) in [7, 11) is 0. The van der Waals surface area contributed by atoms with Crippen LogP contribution in [0.5, 0.6) is 0 Å². The van der Waals surface area contributed by atoms with E-state index in [1.165, 1.54) is 60.8 Å². The van der Waals surface area contributed by atoms with Gasteiger partial charge < -0.3 is 0 Å². The number of allylic oxidation sites excluding steroid dienone is 14. The van der Waals surface area contributed by atoms with E-state index in [-0.39, 0.29) is 5.41 Å². The second kappa shape index (κ2) is 15.6. The van der Waals surface area contributed by atoms with E-state index in [0.29, 0.717) is 17.8 Å². The van der Waals surface area contributed by atoms with Crippen molar-refractivity contribution in [2.75, 3.05) is 0 Å². The molecular formula is C40H52. The molecule has 0 nitrogen and oxygen atoms in total. The van der Waals surface area contributed by atoms with E-state index in [1.807, 2.05) is 25.2 Å². The van der Waals surface area contributed by atoms with Gasteiger partial charge in [-0.3, -0.25) is 0 Å². The second-order valence-corrected chi connectivity index (χ2v) is 13.2. The molecule has 0 amide bonds. The van der Waals surface area contributed by atoms with E-state index >= 15 is 0 Å². The average molecular weight is 533 g/mol. The Morgan fingerprint density at radius 1 is 0.850 bits per heavy atom. The molecule has 0 heterocycles. The van der Waals surface area contributed by atoms with Gasteiger partial charge >= 0.3 is 0 Å². The highest BCUT2D eigenvalue weighted by atomic mass is 14.4. The maximum absolute atomic E-state index is 3.27. The van der Waals surface area contributed by atoms with Gasteiger partial charge in [0.15, 0.2) is 0 Å². The molecular weight excluding hydrogens is 480 g/mol. The van der Waals surface area contributed by atoms with Crippen LogP contribution in [-0.4, -0.2) is 0 Å². The maximum Gasteiger partial charge on any atom is 0.0309 e. The predicted octanol–water partition coefficient (Wildman–Crippen LogP) is 11.0. The molecule has 0 radical (unpaired) electrons. The molecule has 0 bridgehead atoms. The van der Waals surface area contributed by atoms with Crippen LogP contribution >= 0.6 is 0 Å². The molecule has 0 spiro atoms. The Balaban J connectivity index is 1.91. The van der Waals surface area contributed by atoms with Crippen molar-refractivity contribution in [2.24, 2.45) is 16.7 Å². The van der Waals surface area contributed by atoms with Gasteiger partial charge in [0.2, 0.25) is 0 Å². The minimum absolute atomic E-state index is 0.265. The first-order valence-corrected chi connectivity index (χ1v) is 15.1. The molecule has 2 aliphatic carbocycles. The Morgan fingerprint density at radius 3 is 2.23 bits per heavy atom. The van der Waals surface area contributed by atoms with Crippen LogP contribution < -0.4 is 0 Å². The fraction of sp³-hybridized carbons (Fsp3) is 0.500. The molecule has 1 fully saturated rings. The second-order valence-electron chi connectivity index (χ2n) is 13.2. The van der Waals surface area contributed by atoms with Gasteiger partial charge in [-0.15, -0.1) is 0 Å². The molecule has 2 aliphatic rings. The molecule has 0 aromatic heterocycles. The van der Waals surface area contributed by atoms with Gasteiger partial charge in [-0.25, -0.2) is 0 Å². The molecule has 0 N–H and O–H groups in total. The summed E-state index contributed by atoms with van der Waals surface area (Å²) in [5.74, 6) is 19.9. The molecule has 2 rings (SSSR count). The van der Waals surface area contributed by atoms with Crippen molar-refractivity contribution in [1.29, 1.82) is 0 Å². The zero-order valence-corrected chi connectivity index (χ0v) is 27.1. The molecule has 1 atom stereocenters. The van der Waals surface area contributed by atoms with Gasteiger partial charge in [-0.05, 0) is 118 Å². The van der Waals surface area contributed by atoms with Crippen molar-refractivity contribution < 1.29 is 0 Å². The first-order chi connectivity index (χ1) is 18.8. The Labute approximate surface area is 247 Å². The van der Waals surface area contributed by atoms with Crippen molar-refractivity contribution in [2.45, 2.75) is 114 Å². The smallest absolute Gasteiger partial charge is 0.0309 e. The molecule has 212 valence electrons. The molecule has 1 unspecified atom stereocenters. The lowest BCUT2D eigenvalue weighted by atomic mass is 9.68. The molecule has 0 saturated heterocycles. The van der Waals surface area contributed by atoms with E-state index < -0.39 is 0 Å². The van der Waals surface area contributed by atoms with E-state index in [4.69, 9.17) is 0 Å². The first-order valence-electron chi connectivity index (χ1n) is 15.1. The van der Waals surface area contributed by atoms with Gasteiger partial charge in [0.1, 0.15) is 0 Å². The van der Waals surface area contributed by atoms with Crippen LogP contribution in [0, 0.1) is 52.3 Å². The molecule has 0 aliphatic heterocycles. The highest BCUT2D eigenvalue weighted by molar-refractivity contribution is 5.41. The van der Waals surface area contributed by atoms with Gasteiger partial charge in [0.05, 0.1) is 0 Å². The van der Waals surface area contributed by atoms with Crippen molar-refractivity contribution in [3.63, 3.8) is 0 Å². The summed E-state index contributed by atoms with van der Waals surface area (Å²) in [5.41, 5.74) is 9.54. The number of rotatable bonds is 4. The SMILES string of the molecule is CC1=C(/C=C/C(C)=C/C#C/C(C)=C/C#CC/C(C)=C/C#C/C(C)=C/C=C2/C(C)CCCC2(C)C)C(C)(C)CCC1. The number of hydrogen-bond donors (Lipinski definition) is 0. The Bertz CT molecular complexity index is 1320. The summed E-state index contributed by atoms with van der Waals surface area (Å²) in [6, 6.07) is 0. The zero-order chi connectivity index (χ0) is 29.8. The lowest BCUT2D eigenvalue weighted by molar-refractivity contribution is 0.290. The third kappa shape index (κ3) is 11.2. The largest absolute Gasteiger partial charge is 0.0940 e. The van der Waals surface area contributed by atoms with Gasteiger partial charge in [0.25, 0.3) is 0 Å². The van der Waals surface area contributed by atoms with E-state index in [1.54, 1.807) is 5.57 Å².